The molecule has 10 nitrogen and oxygen atoms in total. The number of aryl methyl sites for hydroxylation is 7. The van der Waals surface area contributed by atoms with Gasteiger partial charge in [-0.1, -0.05) is 447 Å². The van der Waals surface area contributed by atoms with Crippen molar-refractivity contribution in [2.75, 3.05) is 51.3 Å². The summed E-state index contributed by atoms with van der Waals surface area (Å²) >= 11 is 4.03. The van der Waals surface area contributed by atoms with Crippen molar-refractivity contribution in [1.82, 2.24) is 20.3 Å². The van der Waals surface area contributed by atoms with Gasteiger partial charge < -0.3 is 33.7 Å². The second kappa shape index (κ2) is 126. The number of rotatable bonds is 0. The number of nitrogens with zero attached hydrogens (tertiary/aromatic N) is 3. The average molecular weight is 1970 g/mol. The first kappa shape index (κ1) is 151. The highest BCUT2D eigenvalue weighted by atomic mass is 32.2. The number of hydrogen-bond acceptors (Lipinski definition) is 12. The number of pyridine rings is 3. The average Bonchev–Trinajstić information content (AvgIpc) is 0.948. The standard InChI is InChI=1S/C9H11N.C9H7N.2C9H11N.2C9H10O.2C9H10S.2C8H8O2.20C2H6/c2*1-2-6-9-8(4-1)5-3-7-10-9;2*1-2-4-9-7-10-6-5-8(9)3-1;1-2-6-9-8(4-1)5-3-7-10-9;1-2-4-9-7-10-6-5-8(9)3-1;1-2-6-9-8(4-1)5-3-7-10-9;1-2-4-9-7-10-6-5-8(9)3-1;1-2-4-8-7(3-1)5-9-6-10-8;1-2-4-8-7(3-1)9-5-6-10-8;20*1-2/h3,5,7H,1-2,4,6H2;1-7H;5-7H,1-4H2;1-4,10H,5-7H2;1-2,4,6H,3,5,7H2;1-4H,5-7H2;1-2,4,6H,3,5,7H2;1-4H,5-7H2;2*1-4H,5-6H2;20*1-2H3. The fourth-order valence-electron chi connectivity index (χ4n) is 12.7. The first-order valence-electron chi connectivity index (χ1n) is 55.9. The molecule has 0 saturated heterocycles. The fourth-order valence-corrected chi connectivity index (χ4v) is 14.8. The summed E-state index contributed by atoms with van der Waals surface area (Å²) in [6.45, 7) is 87.2. The van der Waals surface area contributed by atoms with Crippen molar-refractivity contribution in [3.8, 4) is 23.0 Å². The van der Waals surface area contributed by atoms with E-state index in [-0.39, 0.29) is 0 Å². The van der Waals surface area contributed by atoms with Crippen molar-refractivity contribution in [3.63, 3.8) is 0 Å². The van der Waals surface area contributed by atoms with E-state index in [1.807, 2.05) is 416 Å². The van der Waals surface area contributed by atoms with Gasteiger partial charge in [-0.05, 0) is 230 Å². The van der Waals surface area contributed by atoms with Crippen LogP contribution in [-0.4, -0.2) is 66.2 Å². The van der Waals surface area contributed by atoms with Crippen LogP contribution in [0.4, 0.5) is 0 Å². The van der Waals surface area contributed by atoms with Gasteiger partial charge in [-0.3, -0.25) is 15.0 Å². The molecule has 12 heteroatoms. The fraction of sp³-hybridized carbons (Fsp3) is 0.523. The molecule has 2 aliphatic carbocycles. The summed E-state index contributed by atoms with van der Waals surface area (Å²) in [6.07, 6.45) is 26.4. The molecule has 7 aliphatic heterocycles. The minimum absolute atomic E-state index is 0.386. The van der Waals surface area contributed by atoms with Crippen LogP contribution >= 0.6 is 23.5 Å². The Kier molecular flexibility index (Phi) is 137. The molecule has 8 aromatic carbocycles. The van der Waals surface area contributed by atoms with Crippen molar-refractivity contribution >= 4 is 34.4 Å². The number of thioether (sulfide) groups is 2. The Morgan fingerprint density at radius 3 is 1.14 bits per heavy atom. The van der Waals surface area contributed by atoms with E-state index in [1.54, 1.807) is 16.7 Å². The molecule has 0 atom stereocenters. The number of ether oxygens (including phenoxy) is 6. The molecule has 0 saturated carbocycles. The Labute approximate surface area is 876 Å². The SMILES string of the molecule is CC.CC.CC.CC.CC.CC.CC.CC.CC.CC.CC.CC.CC.CC.CC.CC.CC.CC.CC.CC.c1cc2c(cn1)CCCC2.c1ccc2c(c1)CCCO2.c1ccc2c(c1)CCCS2.c1ccc2c(c1)CCNC2.c1ccc2c(c1)CCOC2.c1ccc2c(c1)CCSC2.c1ccc2c(c1)COCO2.c1ccc2c(c1)OCCO2.c1ccc2ncccc2c1.c1cnc2c(c1)CCCC2. The Balaban J connectivity index is -0.000000161. The third-order valence-electron chi connectivity index (χ3n) is 18.2. The van der Waals surface area contributed by atoms with Crippen LogP contribution in [-0.2, 0) is 92.8 Å². The van der Waals surface area contributed by atoms with Crippen molar-refractivity contribution in [2.24, 2.45) is 0 Å². The lowest BCUT2D eigenvalue weighted by Crippen LogP contribution is -2.23. The maximum absolute atomic E-state index is 5.42. The van der Waals surface area contributed by atoms with E-state index in [0.717, 1.165) is 79.8 Å². The second-order valence-corrected chi connectivity index (χ2v) is 27.4. The number of fused-ring (bicyclic) bond motifs is 10. The summed E-state index contributed by atoms with van der Waals surface area (Å²) in [5.41, 5.74) is 19.8. The molecule has 9 aliphatic rings. The molecule has 0 spiro atoms. The molecule has 11 aromatic rings. The largest absolute Gasteiger partial charge is 0.493 e. The number of hydrogen-bond donors (Lipinski definition) is 1. The van der Waals surface area contributed by atoms with Crippen molar-refractivity contribution < 1.29 is 28.4 Å². The van der Waals surface area contributed by atoms with Crippen LogP contribution in [0.2, 0.25) is 0 Å². The van der Waals surface area contributed by atoms with E-state index in [9.17, 15) is 0 Å². The smallest absolute Gasteiger partial charge is 0.189 e. The van der Waals surface area contributed by atoms with E-state index >= 15 is 0 Å². The van der Waals surface area contributed by atoms with Crippen molar-refractivity contribution in [3.05, 3.63) is 322 Å². The van der Waals surface area contributed by atoms with Gasteiger partial charge in [-0.15, -0.1) is 11.8 Å². The van der Waals surface area contributed by atoms with Crippen LogP contribution in [0.1, 0.15) is 388 Å². The zero-order valence-electron chi connectivity index (χ0n) is 97.9. The van der Waals surface area contributed by atoms with Gasteiger partial charge in [0.25, 0.3) is 0 Å². The lowest BCUT2D eigenvalue weighted by Gasteiger charge is -2.17. The highest BCUT2D eigenvalue weighted by molar-refractivity contribution is 7.99. The lowest BCUT2D eigenvalue weighted by atomic mass is 9.94. The zero-order valence-corrected chi connectivity index (χ0v) is 99.5. The molecule has 0 bridgehead atoms. The molecular formula is C128H216N4O6S2. The van der Waals surface area contributed by atoms with Crippen LogP contribution < -0.4 is 24.3 Å². The predicted molar refractivity (Wildman–Crippen MR) is 638 cm³/mol. The Morgan fingerprint density at radius 2 is 0.636 bits per heavy atom. The zero-order chi connectivity index (χ0) is 108. The second-order valence-electron chi connectivity index (χ2n) is 25.2. The van der Waals surface area contributed by atoms with Gasteiger partial charge in [0.1, 0.15) is 24.7 Å². The molecule has 796 valence electrons. The van der Waals surface area contributed by atoms with Crippen LogP contribution in [0.15, 0.2) is 254 Å². The Morgan fingerprint density at radius 1 is 0.250 bits per heavy atom. The van der Waals surface area contributed by atoms with Crippen LogP contribution in [0.3, 0.4) is 0 Å². The van der Waals surface area contributed by atoms with Crippen LogP contribution in [0, 0.1) is 0 Å². The number of aromatic nitrogens is 3. The third-order valence-corrected chi connectivity index (χ3v) is 20.4. The summed E-state index contributed by atoms with van der Waals surface area (Å²) in [7, 11) is 0. The molecule has 1 N–H and O–H groups in total. The molecular weight excluding hydrogens is 1750 g/mol. The van der Waals surface area contributed by atoms with Gasteiger partial charge in [-0.25, -0.2) is 0 Å². The summed E-state index contributed by atoms with van der Waals surface area (Å²) in [5.74, 6) is 7.56. The van der Waals surface area contributed by atoms with Gasteiger partial charge >= 0.3 is 0 Å². The van der Waals surface area contributed by atoms with Gasteiger partial charge in [0, 0.05) is 58.6 Å². The minimum Gasteiger partial charge on any atom is -0.493 e. The highest BCUT2D eigenvalue weighted by Gasteiger charge is 2.14. The van der Waals surface area contributed by atoms with Gasteiger partial charge in [0.2, 0.25) is 0 Å². The highest BCUT2D eigenvalue weighted by Crippen LogP contribution is 2.31. The summed E-state index contributed by atoms with van der Waals surface area (Å²) in [6, 6.07) is 76.9. The van der Waals surface area contributed by atoms with E-state index in [4.69, 9.17) is 28.4 Å². The number of para-hydroxylation sites is 5. The van der Waals surface area contributed by atoms with E-state index in [0.29, 0.717) is 26.6 Å². The quantitative estimate of drug-likeness (QED) is 0.156. The monoisotopic (exact) mass is 1970 g/mol. The molecule has 0 radical (unpaired) electrons. The third kappa shape index (κ3) is 72.5. The van der Waals surface area contributed by atoms with Crippen LogP contribution in [0.25, 0.3) is 10.9 Å². The van der Waals surface area contributed by atoms with Gasteiger partial charge in [0.15, 0.2) is 18.3 Å². The first-order chi connectivity index (χ1) is 69.7. The topological polar surface area (TPSA) is 106 Å². The normalized spacial score (nSPS) is 11.9. The molecule has 0 amide bonds. The summed E-state index contributed by atoms with van der Waals surface area (Å²) in [5, 5.41) is 4.54. The maximum atomic E-state index is 5.42. The van der Waals surface area contributed by atoms with E-state index in [1.165, 1.54) is 161 Å². The van der Waals surface area contributed by atoms with Gasteiger partial charge in [-0.2, -0.15) is 11.8 Å². The molecule has 3 aromatic heterocycles. The molecule has 140 heavy (non-hydrogen) atoms. The Bertz CT molecular complexity index is 3190. The molecule has 20 rings (SSSR count). The molecule has 0 fully saturated rings. The summed E-state index contributed by atoms with van der Waals surface area (Å²) in [4.78, 5) is 14.1. The summed E-state index contributed by atoms with van der Waals surface area (Å²) < 4.78 is 31.6. The predicted octanol–water partition coefficient (Wildman–Crippen LogP) is 40.0. The molecule has 10 heterocycles. The van der Waals surface area contributed by atoms with E-state index in [2.05, 4.69) is 154 Å². The van der Waals surface area contributed by atoms with Gasteiger partial charge in [0.05, 0.1) is 31.9 Å². The molecule has 0 unspecified atom stereocenters. The lowest BCUT2D eigenvalue weighted by molar-refractivity contribution is -0.0163. The number of benzene rings is 8. The Hall–Kier alpha value is -8.75. The maximum Gasteiger partial charge on any atom is 0.189 e. The first-order valence-corrected chi connectivity index (χ1v) is 58.1. The van der Waals surface area contributed by atoms with Crippen LogP contribution in [0.5, 0.6) is 23.0 Å². The van der Waals surface area contributed by atoms with Crippen molar-refractivity contribution in [2.45, 2.75) is 404 Å². The minimum atomic E-state index is 0.386. The number of nitrogens with one attached hydrogen (secondary N) is 1. The van der Waals surface area contributed by atoms with Crippen molar-refractivity contribution in [1.29, 1.82) is 0 Å². The van der Waals surface area contributed by atoms with E-state index < -0.39 is 0 Å².